The topological polar surface area (TPSA) is 64.3 Å². The van der Waals surface area contributed by atoms with E-state index in [9.17, 15) is 4.79 Å². The smallest absolute Gasteiger partial charge is 0.231 e. The van der Waals surface area contributed by atoms with E-state index in [0.29, 0.717) is 34.0 Å². The number of ether oxygens (including phenoxy) is 1. The zero-order chi connectivity index (χ0) is 13.3. The summed E-state index contributed by atoms with van der Waals surface area (Å²) < 4.78 is 5.14. The highest BCUT2D eigenvalue weighted by Crippen LogP contribution is 2.32. The first-order valence-electron chi connectivity index (χ1n) is 5.27. The molecule has 0 saturated carbocycles. The van der Waals surface area contributed by atoms with Crippen LogP contribution in [0.4, 0.5) is 5.69 Å². The van der Waals surface area contributed by atoms with Gasteiger partial charge in [0.25, 0.3) is 0 Å². The van der Waals surface area contributed by atoms with Crippen molar-refractivity contribution in [2.75, 3.05) is 18.5 Å². The molecule has 1 aliphatic heterocycles. The number of anilines is 1. The largest absolute Gasteiger partial charge is 0.379 e. The Morgan fingerprint density at radius 2 is 1.89 bits per heavy atom. The highest BCUT2D eigenvalue weighted by atomic mass is 35.5. The first kappa shape index (κ1) is 13.9. The molecule has 1 fully saturated rings. The Bertz CT molecular complexity index is 482. The number of benzene rings is 1. The monoisotopic (exact) mass is 308 g/mol. The summed E-state index contributed by atoms with van der Waals surface area (Å²) in [6, 6.07) is 2.68. The number of carbonyl (C=O) groups excluding carboxylic acids is 1. The average Bonchev–Trinajstić information content (AvgIpc) is 2.72. The fourth-order valence-corrected chi connectivity index (χ4v) is 2.28. The Morgan fingerprint density at radius 1 is 1.22 bits per heavy atom. The van der Waals surface area contributed by atoms with E-state index in [2.05, 4.69) is 5.32 Å². The van der Waals surface area contributed by atoms with E-state index < -0.39 is 0 Å². The van der Waals surface area contributed by atoms with Crippen molar-refractivity contribution in [3.8, 4) is 0 Å². The van der Waals surface area contributed by atoms with Crippen LogP contribution in [0.15, 0.2) is 12.1 Å². The summed E-state index contributed by atoms with van der Waals surface area (Å²) in [6.07, 6.45) is 0. The van der Waals surface area contributed by atoms with Crippen LogP contribution in [-0.2, 0) is 9.53 Å². The fraction of sp³-hybridized carbons (Fsp3) is 0.364. The van der Waals surface area contributed by atoms with Gasteiger partial charge in [-0.1, -0.05) is 34.8 Å². The molecule has 2 unspecified atom stereocenters. The molecule has 0 aliphatic carbocycles. The van der Waals surface area contributed by atoms with Crippen LogP contribution in [0, 0.1) is 5.92 Å². The molecule has 1 saturated heterocycles. The van der Waals surface area contributed by atoms with Gasteiger partial charge in [0, 0.05) is 6.04 Å². The van der Waals surface area contributed by atoms with E-state index in [1.807, 2.05) is 0 Å². The van der Waals surface area contributed by atoms with Crippen molar-refractivity contribution in [2.24, 2.45) is 11.7 Å². The third-order valence-corrected chi connectivity index (χ3v) is 3.76. The summed E-state index contributed by atoms with van der Waals surface area (Å²) in [5.74, 6) is -0.615. The molecule has 0 bridgehead atoms. The second-order valence-electron chi connectivity index (χ2n) is 4.04. The van der Waals surface area contributed by atoms with Crippen molar-refractivity contribution in [3.05, 3.63) is 27.2 Å². The fourth-order valence-electron chi connectivity index (χ4n) is 1.68. The SMILES string of the molecule is NC1COCC1C(=O)Nc1cc(Cl)c(Cl)cc1Cl. The molecule has 2 rings (SSSR count). The van der Waals surface area contributed by atoms with Crippen LogP contribution in [0.25, 0.3) is 0 Å². The maximum atomic E-state index is 12.0. The zero-order valence-corrected chi connectivity index (χ0v) is 11.5. The standard InChI is InChI=1S/C11H11Cl3N2O2/c12-6-1-8(14)10(2-7(6)13)16-11(17)5-3-18-4-9(5)15/h1-2,5,9H,3-4,15H2,(H,16,17). The molecule has 18 heavy (non-hydrogen) atoms. The summed E-state index contributed by atoms with van der Waals surface area (Å²) in [6.45, 7) is 0.694. The molecular weight excluding hydrogens is 298 g/mol. The summed E-state index contributed by atoms with van der Waals surface area (Å²) in [5.41, 5.74) is 6.17. The molecule has 98 valence electrons. The molecule has 1 aromatic rings. The van der Waals surface area contributed by atoms with E-state index in [1.54, 1.807) is 0 Å². The summed E-state index contributed by atoms with van der Waals surface area (Å²) >= 11 is 17.6. The average molecular weight is 310 g/mol. The van der Waals surface area contributed by atoms with Crippen LogP contribution in [-0.4, -0.2) is 25.2 Å². The van der Waals surface area contributed by atoms with Crippen molar-refractivity contribution < 1.29 is 9.53 Å². The van der Waals surface area contributed by atoms with E-state index in [0.717, 1.165) is 0 Å². The highest BCUT2D eigenvalue weighted by Gasteiger charge is 2.31. The van der Waals surface area contributed by atoms with E-state index in [1.165, 1.54) is 12.1 Å². The Balaban J connectivity index is 2.14. The predicted molar refractivity (Wildman–Crippen MR) is 72.4 cm³/mol. The Hall–Kier alpha value is -0.520. The summed E-state index contributed by atoms with van der Waals surface area (Å²) in [4.78, 5) is 12.0. The van der Waals surface area contributed by atoms with Crippen LogP contribution in [0.3, 0.4) is 0 Å². The number of hydrogen-bond acceptors (Lipinski definition) is 3. The van der Waals surface area contributed by atoms with Gasteiger partial charge in [-0.3, -0.25) is 4.79 Å². The molecule has 4 nitrogen and oxygen atoms in total. The first-order chi connectivity index (χ1) is 8.49. The molecule has 1 heterocycles. The van der Waals surface area contributed by atoms with Gasteiger partial charge in [-0.2, -0.15) is 0 Å². The van der Waals surface area contributed by atoms with Crippen LogP contribution < -0.4 is 11.1 Å². The van der Waals surface area contributed by atoms with Gasteiger partial charge in [0.05, 0.1) is 39.9 Å². The number of amides is 1. The molecule has 0 spiro atoms. The van der Waals surface area contributed by atoms with Gasteiger partial charge in [0.1, 0.15) is 0 Å². The molecule has 0 radical (unpaired) electrons. The quantitative estimate of drug-likeness (QED) is 0.825. The minimum absolute atomic E-state index is 0.236. The molecule has 1 aromatic carbocycles. The number of rotatable bonds is 2. The van der Waals surface area contributed by atoms with Crippen molar-refractivity contribution >= 4 is 46.4 Å². The second kappa shape index (κ2) is 5.63. The lowest BCUT2D eigenvalue weighted by molar-refractivity contribution is -0.120. The highest BCUT2D eigenvalue weighted by molar-refractivity contribution is 6.44. The third-order valence-electron chi connectivity index (χ3n) is 2.73. The lowest BCUT2D eigenvalue weighted by Crippen LogP contribution is -2.37. The molecule has 0 aromatic heterocycles. The Morgan fingerprint density at radius 3 is 2.50 bits per heavy atom. The maximum Gasteiger partial charge on any atom is 0.231 e. The van der Waals surface area contributed by atoms with E-state index >= 15 is 0 Å². The normalized spacial score (nSPS) is 23.1. The van der Waals surface area contributed by atoms with Crippen molar-refractivity contribution in [1.29, 1.82) is 0 Å². The van der Waals surface area contributed by atoms with Gasteiger partial charge in [0.2, 0.25) is 5.91 Å². The maximum absolute atomic E-state index is 12.0. The number of carbonyl (C=O) groups is 1. The molecule has 7 heteroatoms. The van der Waals surface area contributed by atoms with Crippen molar-refractivity contribution in [1.82, 2.24) is 0 Å². The summed E-state index contributed by atoms with van der Waals surface area (Å²) in [5, 5.41) is 3.66. The number of nitrogens with one attached hydrogen (secondary N) is 1. The zero-order valence-electron chi connectivity index (χ0n) is 9.25. The van der Waals surface area contributed by atoms with Crippen LogP contribution in [0.2, 0.25) is 15.1 Å². The number of nitrogens with two attached hydrogens (primary N) is 1. The lowest BCUT2D eigenvalue weighted by Gasteiger charge is -2.14. The van der Waals surface area contributed by atoms with Gasteiger partial charge in [-0.25, -0.2) is 0 Å². The van der Waals surface area contributed by atoms with Gasteiger partial charge in [-0.05, 0) is 12.1 Å². The molecule has 3 N–H and O–H groups in total. The number of hydrogen-bond donors (Lipinski definition) is 2. The molecule has 2 atom stereocenters. The van der Waals surface area contributed by atoms with E-state index in [-0.39, 0.29) is 17.9 Å². The van der Waals surface area contributed by atoms with Gasteiger partial charge in [-0.15, -0.1) is 0 Å². The molecule has 1 aliphatic rings. The second-order valence-corrected chi connectivity index (χ2v) is 5.26. The molecule has 1 amide bonds. The van der Waals surface area contributed by atoms with Gasteiger partial charge in [0.15, 0.2) is 0 Å². The van der Waals surface area contributed by atoms with Gasteiger partial charge >= 0.3 is 0 Å². The summed E-state index contributed by atoms with van der Waals surface area (Å²) in [7, 11) is 0. The third kappa shape index (κ3) is 2.90. The Kier molecular flexibility index (Phi) is 4.35. The van der Waals surface area contributed by atoms with Crippen LogP contribution in [0.5, 0.6) is 0 Å². The minimum atomic E-state index is -0.379. The first-order valence-corrected chi connectivity index (χ1v) is 6.41. The van der Waals surface area contributed by atoms with Crippen LogP contribution >= 0.6 is 34.8 Å². The van der Waals surface area contributed by atoms with Crippen LogP contribution in [0.1, 0.15) is 0 Å². The number of halogens is 3. The molecular formula is C11H11Cl3N2O2. The Labute approximate surface area is 119 Å². The van der Waals surface area contributed by atoms with Gasteiger partial charge < -0.3 is 15.8 Å². The van der Waals surface area contributed by atoms with Crippen molar-refractivity contribution in [2.45, 2.75) is 6.04 Å². The predicted octanol–water partition coefficient (Wildman–Crippen LogP) is 2.56. The minimum Gasteiger partial charge on any atom is -0.379 e. The van der Waals surface area contributed by atoms with Crippen molar-refractivity contribution in [3.63, 3.8) is 0 Å². The lowest BCUT2D eigenvalue weighted by atomic mass is 10.0. The van der Waals surface area contributed by atoms with E-state index in [4.69, 9.17) is 45.3 Å².